The lowest BCUT2D eigenvalue weighted by atomic mass is 10.1. The number of methoxy groups -OCH3 is 1. The zero-order valence-corrected chi connectivity index (χ0v) is 14.6. The number of benzene rings is 1. The van der Waals surface area contributed by atoms with Crippen molar-refractivity contribution in [2.24, 2.45) is 0 Å². The molecule has 7 heteroatoms. The predicted molar refractivity (Wildman–Crippen MR) is 84.1 cm³/mol. The fourth-order valence-corrected chi connectivity index (χ4v) is 3.35. The lowest BCUT2D eigenvalue weighted by Crippen LogP contribution is -2.46. The summed E-state index contributed by atoms with van der Waals surface area (Å²) in [4.78, 5) is 25.5. The molecule has 1 aromatic carbocycles. The highest BCUT2D eigenvalue weighted by Gasteiger charge is 2.27. The van der Waals surface area contributed by atoms with Crippen LogP contribution in [0.15, 0.2) is 27.1 Å². The van der Waals surface area contributed by atoms with Gasteiger partial charge in [0, 0.05) is 22.0 Å². The van der Waals surface area contributed by atoms with Crippen molar-refractivity contribution in [3.63, 3.8) is 0 Å². The molecule has 1 heterocycles. The van der Waals surface area contributed by atoms with E-state index in [-0.39, 0.29) is 24.4 Å². The van der Waals surface area contributed by atoms with E-state index in [1.807, 2.05) is 12.1 Å². The number of carbonyl (C=O) groups excluding carboxylic acids is 2. The number of hydrogen-bond donors (Lipinski definition) is 0. The van der Waals surface area contributed by atoms with Crippen LogP contribution in [0.1, 0.15) is 16.8 Å². The Morgan fingerprint density at radius 1 is 1.43 bits per heavy atom. The van der Waals surface area contributed by atoms with Crippen LogP contribution < -0.4 is 0 Å². The van der Waals surface area contributed by atoms with Crippen LogP contribution in [0.2, 0.25) is 0 Å². The van der Waals surface area contributed by atoms with Crippen LogP contribution in [0.3, 0.4) is 0 Å². The van der Waals surface area contributed by atoms with Crippen molar-refractivity contribution in [3.05, 3.63) is 32.7 Å². The van der Waals surface area contributed by atoms with Crippen molar-refractivity contribution in [1.29, 1.82) is 0 Å². The van der Waals surface area contributed by atoms with Gasteiger partial charge in [-0.1, -0.05) is 15.9 Å². The zero-order chi connectivity index (χ0) is 15.4. The van der Waals surface area contributed by atoms with Crippen molar-refractivity contribution in [1.82, 2.24) is 4.90 Å². The molecule has 1 atom stereocenters. The molecule has 114 valence electrons. The van der Waals surface area contributed by atoms with Gasteiger partial charge >= 0.3 is 5.97 Å². The van der Waals surface area contributed by atoms with Crippen LogP contribution in [-0.4, -0.2) is 49.7 Å². The van der Waals surface area contributed by atoms with Gasteiger partial charge < -0.3 is 14.4 Å². The van der Waals surface area contributed by atoms with Gasteiger partial charge in [0.2, 0.25) is 0 Å². The van der Waals surface area contributed by atoms with Gasteiger partial charge in [0.25, 0.3) is 5.91 Å². The van der Waals surface area contributed by atoms with E-state index in [1.165, 1.54) is 7.11 Å². The number of rotatable bonds is 3. The summed E-state index contributed by atoms with van der Waals surface area (Å²) in [6.07, 6.45) is -0.161. The van der Waals surface area contributed by atoms with Crippen LogP contribution in [0.5, 0.6) is 0 Å². The Balaban J connectivity index is 2.06. The molecule has 1 fully saturated rings. The molecule has 0 bridgehead atoms. The quantitative estimate of drug-likeness (QED) is 0.705. The Hall–Kier alpha value is -0.920. The minimum Gasteiger partial charge on any atom is -0.469 e. The summed E-state index contributed by atoms with van der Waals surface area (Å²) in [5.74, 6) is -0.410. The summed E-state index contributed by atoms with van der Waals surface area (Å²) in [5, 5.41) is 0. The van der Waals surface area contributed by atoms with Crippen molar-refractivity contribution in [2.75, 3.05) is 26.8 Å². The molecule has 1 aromatic rings. The van der Waals surface area contributed by atoms with E-state index < -0.39 is 0 Å². The molecule has 0 saturated carbocycles. The lowest BCUT2D eigenvalue weighted by Gasteiger charge is -2.32. The van der Waals surface area contributed by atoms with E-state index in [2.05, 4.69) is 36.6 Å². The molecule has 1 aliphatic heterocycles. The predicted octanol–water partition coefficient (Wildman–Crippen LogP) is 2.62. The summed E-state index contributed by atoms with van der Waals surface area (Å²) in [6, 6.07) is 5.42. The number of morpholine rings is 1. The van der Waals surface area contributed by atoms with E-state index in [0.717, 1.165) is 8.95 Å². The minimum absolute atomic E-state index is 0.0764. The average molecular weight is 421 g/mol. The first-order valence-corrected chi connectivity index (χ1v) is 8.02. The van der Waals surface area contributed by atoms with Crippen molar-refractivity contribution in [3.8, 4) is 0 Å². The van der Waals surface area contributed by atoms with E-state index in [1.54, 1.807) is 11.0 Å². The zero-order valence-electron chi connectivity index (χ0n) is 11.5. The second kappa shape index (κ2) is 7.38. The molecule has 0 spiro atoms. The minimum atomic E-state index is -0.334. The van der Waals surface area contributed by atoms with Crippen molar-refractivity contribution >= 4 is 43.7 Å². The van der Waals surface area contributed by atoms with E-state index >= 15 is 0 Å². The highest BCUT2D eigenvalue weighted by atomic mass is 79.9. The Bertz CT molecular complexity index is 550. The first kappa shape index (κ1) is 16.5. The molecular formula is C14H15Br2NO4. The van der Waals surface area contributed by atoms with E-state index in [0.29, 0.717) is 25.3 Å². The molecule has 0 radical (unpaired) electrons. The molecule has 0 N–H and O–H groups in total. The monoisotopic (exact) mass is 419 g/mol. The number of ether oxygens (including phenoxy) is 2. The van der Waals surface area contributed by atoms with Crippen molar-refractivity contribution < 1.29 is 19.1 Å². The summed E-state index contributed by atoms with van der Waals surface area (Å²) in [5.41, 5.74) is 0.594. The Kier molecular flexibility index (Phi) is 5.78. The maximum atomic E-state index is 12.5. The number of hydrogen-bond acceptors (Lipinski definition) is 4. The lowest BCUT2D eigenvalue weighted by molar-refractivity contribution is -0.145. The van der Waals surface area contributed by atoms with Gasteiger partial charge in [-0.2, -0.15) is 0 Å². The van der Waals surface area contributed by atoms with Gasteiger partial charge in [-0.05, 0) is 34.1 Å². The van der Waals surface area contributed by atoms with Crippen LogP contribution >= 0.6 is 31.9 Å². The van der Waals surface area contributed by atoms with Crippen LogP contribution in [0, 0.1) is 0 Å². The Morgan fingerprint density at radius 3 is 2.86 bits per heavy atom. The summed E-state index contributed by atoms with van der Waals surface area (Å²) in [6.45, 7) is 1.32. The van der Waals surface area contributed by atoms with Gasteiger partial charge in [0.05, 0.1) is 31.8 Å². The first-order chi connectivity index (χ1) is 10.0. The number of carbonyl (C=O) groups is 2. The van der Waals surface area contributed by atoms with E-state index in [4.69, 9.17) is 4.74 Å². The second-order valence-electron chi connectivity index (χ2n) is 4.65. The maximum Gasteiger partial charge on any atom is 0.308 e. The van der Waals surface area contributed by atoms with Crippen LogP contribution in [0.25, 0.3) is 0 Å². The molecule has 1 amide bonds. The highest BCUT2D eigenvalue weighted by Crippen LogP contribution is 2.24. The number of nitrogens with zero attached hydrogens (tertiary/aromatic N) is 1. The molecule has 0 aromatic heterocycles. The number of halogens is 2. The van der Waals surface area contributed by atoms with Gasteiger partial charge in [0.15, 0.2) is 0 Å². The highest BCUT2D eigenvalue weighted by molar-refractivity contribution is 9.11. The smallest absolute Gasteiger partial charge is 0.308 e. The molecule has 1 saturated heterocycles. The molecule has 5 nitrogen and oxygen atoms in total. The SMILES string of the molecule is COC(=O)CC1CN(C(=O)c2ccc(Br)cc2Br)CCO1. The molecule has 2 rings (SSSR count). The molecule has 1 unspecified atom stereocenters. The van der Waals surface area contributed by atoms with Gasteiger partial charge in [-0.3, -0.25) is 9.59 Å². The molecule has 21 heavy (non-hydrogen) atoms. The molecule has 1 aliphatic rings. The standard InChI is InChI=1S/C14H15Br2NO4/c1-20-13(18)7-10-8-17(4-5-21-10)14(19)11-3-2-9(15)6-12(11)16/h2-3,6,10H,4-5,7-8H2,1H3. The third-order valence-electron chi connectivity index (χ3n) is 3.21. The Morgan fingerprint density at radius 2 is 2.19 bits per heavy atom. The largest absolute Gasteiger partial charge is 0.469 e. The number of esters is 1. The summed E-state index contributed by atoms with van der Waals surface area (Å²) >= 11 is 6.76. The molecular weight excluding hydrogens is 406 g/mol. The Labute approximate surface area is 139 Å². The third kappa shape index (κ3) is 4.28. The van der Waals surface area contributed by atoms with Crippen molar-refractivity contribution in [2.45, 2.75) is 12.5 Å². The maximum absolute atomic E-state index is 12.5. The fraction of sp³-hybridized carbons (Fsp3) is 0.429. The summed E-state index contributed by atoms with van der Waals surface area (Å²) < 4.78 is 11.8. The average Bonchev–Trinajstić information content (AvgIpc) is 2.47. The van der Waals surface area contributed by atoms with Crippen LogP contribution in [0.4, 0.5) is 0 Å². The topological polar surface area (TPSA) is 55.8 Å². The normalized spacial score (nSPS) is 18.4. The van der Waals surface area contributed by atoms with Gasteiger partial charge in [-0.25, -0.2) is 0 Å². The van der Waals surface area contributed by atoms with Crippen LogP contribution in [-0.2, 0) is 14.3 Å². The van der Waals surface area contributed by atoms with E-state index in [9.17, 15) is 9.59 Å². The first-order valence-electron chi connectivity index (χ1n) is 6.44. The second-order valence-corrected chi connectivity index (χ2v) is 6.42. The number of amides is 1. The third-order valence-corrected chi connectivity index (χ3v) is 4.36. The summed E-state index contributed by atoms with van der Waals surface area (Å²) in [7, 11) is 1.34. The van der Waals surface area contributed by atoms with Gasteiger partial charge in [0.1, 0.15) is 0 Å². The van der Waals surface area contributed by atoms with Gasteiger partial charge in [-0.15, -0.1) is 0 Å². The molecule has 0 aliphatic carbocycles. The fourth-order valence-electron chi connectivity index (χ4n) is 2.13.